The lowest BCUT2D eigenvalue weighted by molar-refractivity contribution is 0.168. The molecule has 0 aliphatic carbocycles. The number of hydrogen-bond acceptors (Lipinski definition) is 8. The predicted molar refractivity (Wildman–Crippen MR) is 121 cm³/mol. The standard InChI is InChI=1S/C23H26N4O5S/c1-17-4-2-5-18(14-17)23-25-24-22(32-23)16-26-8-10-27(11-9-26)33(28,29)19-6-7-20-21(15-19)31-13-3-12-30-20/h2,4-7,14-15H,3,8-13,16H2,1H3. The molecule has 0 radical (unpaired) electrons. The van der Waals surface area contributed by atoms with Crippen molar-refractivity contribution in [3.8, 4) is 23.0 Å². The number of rotatable bonds is 5. The molecule has 2 aromatic carbocycles. The fourth-order valence-corrected chi connectivity index (χ4v) is 5.42. The monoisotopic (exact) mass is 470 g/mol. The number of aryl methyl sites for hydroxylation is 1. The van der Waals surface area contributed by atoms with Gasteiger partial charge in [0.1, 0.15) is 0 Å². The molecule has 10 heteroatoms. The van der Waals surface area contributed by atoms with E-state index in [1.54, 1.807) is 18.2 Å². The molecule has 0 spiro atoms. The SMILES string of the molecule is Cc1cccc(-c2nnc(CN3CCN(S(=O)(=O)c4ccc5c(c4)OCCCO5)CC3)o2)c1. The van der Waals surface area contributed by atoms with Gasteiger partial charge < -0.3 is 13.9 Å². The zero-order valence-electron chi connectivity index (χ0n) is 18.4. The number of benzene rings is 2. The maximum Gasteiger partial charge on any atom is 0.247 e. The Labute approximate surface area is 193 Å². The number of fused-ring (bicyclic) bond motifs is 1. The second-order valence-corrected chi connectivity index (χ2v) is 10.1. The third kappa shape index (κ3) is 4.73. The van der Waals surface area contributed by atoms with E-state index in [-0.39, 0.29) is 4.90 Å². The highest BCUT2D eigenvalue weighted by molar-refractivity contribution is 7.89. The number of piperazine rings is 1. The largest absolute Gasteiger partial charge is 0.490 e. The topological polar surface area (TPSA) is 98.0 Å². The minimum Gasteiger partial charge on any atom is -0.490 e. The van der Waals surface area contributed by atoms with E-state index in [1.165, 1.54) is 4.31 Å². The average molecular weight is 471 g/mol. The van der Waals surface area contributed by atoms with E-state index in [0.717, 1.165) is 17.5 Å². The summed E-state index contributed by atoms with van der Waals surface area (Å²) in [5, 5.41) is 8.32. The molecular formula is C23H26N4O5S. The fourth-order valence-electron chi connectivity index (χ4n) is 3.98. The Bertz CT molecular complexity index is 1240. The third-order valence-corrected chi connectivity index (χ3v) is 7.67. The van der Waals surface area contributed by atoms with Crippen molar-refractivity contribution in [2.75, 3.05) is 39.4 Å². The first kappa shape index (κ1) is 21.9. The second-order valence-electron chi connectivity index (χ2n) is 8.21. The summed E-state index contributed by atoms with van der Waals surface area (Å²) in [6.45, 7) is 5.49. The Balaban J connectivity index is 1.22. The van der Waals surface area contributed by atoms with Crippen molar-refractivity contribution >= 4 is 10.0 Å². The zero-order chi connectivity index (χ0) is 22.8. The van der Waals surface area contributed by atoms with Crippen LogP contribution in [0.1, 0.15) is 17.9 Å². The number of ether oxygens (including phenoxy) is 2. The minimum atomic E-state index is -3.62. The van der Waals surface area contributed by atoms with Gasteiger partial charge in [0.25, 0.3) is 0 Å². The molecule has 9 nitrogen and oxygen atoms in total. The molecule has 0 bridgehead atoms. The normalized spacial score (nSPS) is 17.6. The molecule has 0 unspecified atom stereocenters. The van der Waals surface area contributed by atoms with Crippen LogP contribution in [0, 0.1) is 6.92 Å². The predicted octanol–water partition coefficient (Wildman–Crippen LogP) is 2.71. The van der Waals surface area contributed by atoms with E-state index in [9.17, 15) is 8.42 Å². The van der Waals surface area contributed by atoms with Crippen LogP contribution in [-0.2, 0) is 16.6 Å². The van der Waals surface area contributed by atoms with Gasteiger partial charge in [-0.05, 0) is 31.2 Å². The molecule has 2 aliphatic rings. The van der Waals surface area contributed by atoms with Crippen molar-refractivity contribution in [2.24, 2.45) is 0 Å². The first-order chi connectivity index (χ1) is 16.0. The molecular weight excluding hydrogens is 444 g/mol. The molecule has 1 fully saturated rings. The smallest absolute Gasteiger partial charge is 0.247 e. The van der Waals surface area contributed by atoms with Gasteiger partial charge in [0.05, 0.1) is 24.7 Å². The van der Waals surface area contributed by atoms with Gasteiger partial charge in [-0.25, -0.2) is 8.42 Å². The zero-order valence-corrected chi connectivity index (χ0v) is 19.3. The molecule has 2 aliphatic heterocycles. The second kappa shape index (κ2) is 9.12. The van der Waals surface area contributed by atoms with E-state index in [1.807, 2.05) is 31.2 Å². The molecule has 0 amide bonds. The van der Waals surface area contributed by atoms with E-state index < -0.39 is 10.0 Å². The maximum atomic E-state index is 13.2. The first-order valence-electron chi connectivity index (χ1n) is 11.0. The van der Waals surface area contributed by atoms with Gasteiger partial charge >= 0.3 is 0 Å². The third-order valence-electron chi connectivity index (χ3n) is 5.78. The molecule has 5 rings (SSSR count). The molecule has 0 saturated carbocycles. The van der Waals surface area contributed by atoms with Gasteiger partial charge in [0.15, 0.2) is 11.5 Å². The summed E-state index contributed by atoms with van der Waals surface area (Å²) in [7, 11) is -3.62. The molecule has 1 aromatic heterocycles. The highest BCUT2D eigenvalue weighted by Gasteiger charge is 2.30. The van der Waals surface area contributed by atoms with Crippen molar-refractivity contribution in [3.05, 3.63) is 53.9 Å². The Morgan fingerprint density at radius 3 is 2.52 bits per heavy atom. The van der Waals surface area contributed by atoms with Gasteiger partial charge in [0.2, 0.25) is 21.8 Å². The van der Waals surface area contributed by atoms with Crippen LogP contribution < -0.4 is 9.47 Å². The van der Waals surface area contributed by atoms with Crippen molar-refractivity contribution < 1.29 is 22.3 Å². The van der Waals surface area contributed by atoms with Crippen LogP contribution in [0.5, 0.6) is 11.5 Å². The summed E-state index contributed by atoms with van der Waals surface area (Å²) in [5.74, 6) is 2.07. The van der Waals surface area contributed by atoms with Crippen LogP contribution in [0.4, 0.5) is 0 Å². The van der Waals surface area contributed by atoms with Crippen molar-refractivity contribution in [1.29, 1.82) is 0 Å². The van der Waals surface area contributed by atoms with Crippen LogP contribution in [0.3, 0.4) is 0 Å². The van der Waals surface area contributed by atoms with Crippen molar-refractivity contribution in [1.82, 2.24) is 19.4 Å². The summed E-state index contributed by atoms with van der Waals surface area (Å²) in [6.07, 6.45) is 0.769. The molecule has 1 saturated heterocycles. The fraction of sp³-hybridized carbons (Fsp3) is 0.391. The highest BCUT2D eigenvalue weighted by Crippen LogP contribution is 2.33. The number of nitrogens with zero attached hydrogens (tertiary/aromatic N) is 4. The van der Waals surface area contributed by atoms with Crippen molar-refractivity contribution in [3.63, 3.8) is 0 Å². The Morgan fingerprint density at radius 1 is 0.939 bits per heavy atom. The molecule has 3 heterocycles. The number of sulfonamides is 1. The quantitative estimate of drug-likeness (QED) is 0.561. The van der Waals surface area contributed by atoms with Gasteiger partial charge in [-0.1, -0.05) is 17.7 Å². The van der Waals surface area contributed by atoms with Gasteiger partial charge in [0, 0.05) is 44.2 Å². The van der Waals surface area contributed by atoms with Gasteiger partial charge in [-0.2, -0.15) is 4.31 Å². The Morgan fingerprint density at radius 2 is 1.73 bits per heavy atom. The minimum absolute atomic E-state index is 0.222. The summed E-state index contributed by atoms with van der Waals surface area (Å²) in [4.78, 5) is 2.34. The van der Waals surface area contributed by atoms with Gasteiger partial charge in [-0.15, -0.1) is 10.2 Å². The van der Waals surface area contributed by atoms with E-state index >= 15 is 0 Å². The van der Waals surface area contributed by atoms with Crippen molar-refractivity contribution in [2.45, 2.75) is 24.8 Å². The first-order valence-corrected chi connectivity index (χ1v) is 12.4. The Kier molecular flexibility index (Phi) is 6.05. The number of aromatic nitrogens is 2. The van der Waals surface area contributed by atoms with Crippen LogP contribution in [0.15, 0.2) is 51.8 Å². The Hall–Kier alpha value is -2.95. The molecule has 174 valence electrons. The number of hydrogen-bond donors (Lipinski definition) is 0. The lowest BCUT2D eigenvalue weighted by Gasteiger charge is -2.33. The van der Waals surface area contributed by atoms with Crippen LogP contribution in [0.2, 0.25) is 0 Å². The molecule has 3 aromatic rings. The lowest BCUT2D eigenvalue weighted by Crippen LogP contribution is -2.48. The molecule has 33 heavy (non-hydrogen) atoms. The maximum absolute atomic E-state index is 13.2. The average Bonchev–Trinajstić information content (AvgIpc) is 3.15. The summed E-state index contributed by atoms with van der Waals surface area (Å²) in [6, 6.07) is 12.7. The summed E-state index contributed by atoms with van der Waals surface area (Å²) in [5.41, 5.74) is 2.01. The van der Waals surface area contributed by atoms with E-state index in [2.05, 4.69) is 15.1 Å². The van der Waals surface area contributed by atoms with Crippen LogP contribution in [-0.4, -0.2) is 67.2 Å². The molecule has 0 atom stereocenters. The molecule has 0 N–H and O–H groups in total. The van der Waals surface area contributed by atoms with E-state index in [0.29, 0.717) is 69.2 Å². The summed E-state index contributed by atoms with van der Waals surface area (Å²) < 4.78 is 45.0. The van der Waals surface area contributed by atoms with Gasteiger partial charge in [-0.3, -0.25) is 4.90 Å². The highest BCUT2D eigenvalue weighted by atomic mass is 32.2. The van der Waals surface area contributed by atoms with Crippen LogP contribution in [0.25, 0.3) is 11.5 Å². The summed E-state index contributed by atoms with van der Waals surface area (Å²) >= 11 is 0. The van der Waals surface area contributed by atoms with E-state index in [4.69, 9.17) is 13.9 Å². The van der Waals surface area contributed by atoms with Crippen LogP contribution >= 0.6 is 0 Å². The lowest BCUT2D eigenvalue weighted by atomic mass is 10.1.